The van der Waals surface area contributed by atoms with Crippen molar-refractivity contribution in [3.05, 3.63) is 28.6 Å². The van der Waals surface area contributed by atoms with Gasteiger partial charge >= 0.3 is 0 Å². The highest BCUT2D eigenvalue weighted by atomic mass is 32.1. The molecule has 3 nitrogen and oxygen atoms in total. The number of carbonyl (C=O) groups excluding carboxylic acids is 1. The zero-order valence-electron chi connectivity index (χ0n) is 11.2. The third-order valence-corrected chi connectivity index (χ3v) is 4.35. The quantitative estimate of drug-likeness (QED) is 0.903. The van der Waals surface area contributed by atoms with E-state index in [1.807, 2.05) is 46.0 Å². The number of rotatable bonds is 2. The van der Waals surface area contributed by atoms with Gasteiger partial charge in [0.15, 0.2) is 0 Å². The Morgan fingerprint density at radius 2 is 2.06 bits per heavy atom. The lowest BCUT2D eigenvalue weighted by Crippen LogP contribution is -2.32. The van der Waals surface area contributed by atoms with Crippen molar-refractivity contribution in [3.8, 4) is 0 Å². The molecule has 0 bridgehead atoms. The lowest BCUT2D eigenvalue weighted by Gasteiger charge is -2.20. The first-order chi connectivity index (χ1) is 8.41. The van der Waals surface area contributed by atoms with Crippen LogP contribution in [0.4, 0.5) is 5.69 Å². The Labute approximate surface area is 111 Å². The van der Waals surface area contributed by atoms with Crippen LogP contribution in [-0.2, 0) is 0 Å². The molecule has 0 atom stereocenters. The van der Waals surface area contributed by atoms with Crippen LogP contribution in [0.25, 0.3) is 10.1 Å². The fourth-order valence-corrected chi connectivity index (χ4v) is 2.87. The molecule has 0 radical (unpaired) electrons. The SMILES string of the molecule is Cc1ccc2sc(C(=O)N(C)C(C)C)c(N)c2c1. The van der Waals surface area contributed by atoms with Gasteiger partial charge in [-0.2, -0.15) is 0 Å². The minimum Gasteiger partial charge on any atom is -0.397 e. The van der Waals surface area contributed by atoms with E-state index < -0.39 is 0 Å². The Bertz CT molecular complexity index is 601. The molecule has 0 aliphatic carbocycles. The molecule has 1 aromatic carbocycles. The van der Waals surface area contributed by atoms with Crippen molar-refractivity contribution < 1.29 is 4.79 Å². The predicted molar refractivity (Wildman–Crippen MR) is 78.2 cm³/mol. The van der Waals surface area contributed by atoms with Gasteiger partial charge in [0.2, 0.25) is 0 Å². The average Bonchev–Trinajstić information content (AvgIpc) is 2.65. The highest BCUT2D eigenvalue weighted by Gasteiger charge is 2.21. The second-order valence-corrected chi connectivity index (χ2v) is 5.91. The summed E-state index contributed by atoms with van der Waals surface area (Å²) in [6.45, 7) is 6.01. The van der Waals surface area contributed by atoms with E-state index in [-0.39, 0.29) is 11.9 Å². The van der Waals surface area contributed by atoms with Crippen LogP contribution >= 0.6 is 11.3 Å². The fourth-order valence-electron chi connectivity index (χ4n) is 1.78. The molecule has 0 saturated carbocycles. The van der Waals surface area contributed by atoms with Crippen LogP contribution in [0.5, 0.6) is 0 Å². The number of aryl methyl sites for hydroxylation is 1. The molecule has 1 aromatic heterocycles. The van der Waals surface area contributed by atoms with Gasteiger partial charge in [-0.3, -0.25) is 4.79 Å². The van der Waals surface area contributed by atoms with Crippen molar-refractivity contribution in [2.75, 3.05) is 12.8 Å². The van der Waals surface area contributed by atoms with Crippen LogP contribution in [0.3, 0.4) is 0 Å². The van der Waals surface area contributed by atoms with Crippen molar-refractivity contribution in [3.63, 3.8) is 0 Å². The normalized spacial score (nSPS) is 11.2. The second kappa shape index (κ2) is 4.61. The molecular formula is C14H18N2OS. The van der Waals surface area contributed by atoms with Crippen molar-refractivity contribution >= 4 is 33.0 Å². The van der Waals surface area contributed by atoms with Crippen molar-refractivity contribution in [2.45, 2.75) is 26.8 Å². The minimum absolute atomic E-state index is 0.00125. The van der Waals surface area contributed by atoms with Gasteiger partial charge in [-0.05, 0) is 32.9 Å². The van der Waals surface area contributed by atoms with Crippen LogP contribution in [0.1, 0.15) is 29.1 Å². The molecule has 1 amide bonds. The number of nitrogens with two attached hydrogens (primary N) is 1. The van der Waals surface area contributed by atoms with E-state index in [4.69, 9.17) is 5.73 Å². The maximum Gasteiger partial charge on any atom is 0.266 e. The van der Waals surface area contributed by atoms with Gasteiger partial charge in [-0.15, -0.1) is 11.3 Å². The molecule has 2 rings (SSSR count). The highest BCUT2D eigenvalue weighted by Crippen LogP contribution is 2.35. The van der Waals surface area contributed by atoms with Crippen molar-refractivity contribution in [1.82, 2.24) is 4.90 Å². The number of amides is 1. The largest absolute Gasteiger partial charge is 0.397 e. The van der Waals surface area contributed by atoms with Gasteiger partial charge in [0, 0.05) is 23.2 Å². The van der Waals surface area contributed by atoms with Crippen molar-refractivity contribution in [1.29, 1.82) is 0 Å². The second-order valence-electron chi connectivity index (χ2n) is 4.85. The Hall–Kier alpha value is -1.55. The number of benzene rings is 1. The molecule has 0 unspecified atom stereocenters. The smallest absolute Gasteiger partial charge is 0.266 e. The summed E-state index contributed by atoms with van der Waals surface area (Å²) in [5.74, 6) is 0.00125. The average molecular weight is 262 g/mol. The topological polar surface area (TPSA) is 46.3 Å². The zero-order valence-corrected chi connectivity index (χ0v) is 12.0. The summed E-state index contributed by atoms with van der Waals surface area (Å²) in [7, 11) is 1.81. The first-order valence-electron chi connectivity index (χ1n) is 5.97. The predicted octanol–water partition coefficient (Wildman–Crippen LogP) is 3.27. The maximum atomic E-state index is 12.3. The van der Waals surface area contributed by atoms with Crippen LogP contribution in [0.2, 0.25) is 0 Å². The number of nitrogen functional groups attached to an aromatic ring is 1. The van der Waals surface area contributed by atoms with Crippen LogP contribution in [0.15, 0.2) is 18.2 Å². The molecule has 2 N–H and O–H groups in total. The van der Waals surface area contributed by atoms with E-state index in [1.165, 1.54) is 11.3 Å². The summed E-state index contributed by atoms with van der Waals surface area (Å²) in [6.07, 6.45) is 0. The van der Waals surface area contributed by atoms with Crippen LogP contribution in [-0.4, -0.2) is 23.9 Å². The molecular weight excluding hydrogens is 244 g/mol. The Morgan fingerprint density at radius 1 is 1.39 bits per heavy atom. The maximum absolute atomic E-state index is 12.3. The van der Waals surface area contributed by atoms with Gasteiger partial charge in [0.25, 0.3) is 5.91 Å². The summed E-state index contributed by atoms with van der Waals surface area (Å²) in [4.78, 5) is 14.7. The van der Waals surface area contributed by atoms with Gasteiger partial charge in [-0.25, -0.2) is 0 Å². The highest BCUT2D eigenvalue weighted by molar-refractivity contribution is 7.21. The van der Waals surface area contributed by atoms with E-state index in [2.05, 4.69) is 0 Å². The molecule has 0 spiro atoms. The Balaban J connectivity index is 2.52. The van der Waals surface area contributed by atoms with E-state index in [0.717, 1.165) is 15.6 Å². The number of carbonyl (C=O) groups is 1. The fraction of sp³-hybridized carbons (Fsp3) is 0.357. The van der Waals surface area contributed by atoms with Crippen LogP contribution in [0, 0.1) is 6.92 Å². The van der Waals surface area contributed by atoms with Gasteiger partial charge in [0.05, 0.1) is 5.69 Å². The first kappa shape index (κ1) is 12.9. The third-order valence-electron chi connectivity index (χ3n) is 3.17. The molecule has 0 aliphatic heterocycles. The molecule has 96 valence electrons. The summed E-state index contributed by atoms with van der Waals surface area (Å²) < 4.78 is 1.07. The molecule has 2 aromatic rings. The first-order valence-corrected chi connectivity index (χ1v) is 6.79. The molecule has 1 heterocycles. The van der Waals surface area contributed by atoms with E-state index in [1.54, 1.807) is 4.90 Å². The third kappa shape index (κ3) is 2.08. The standard InChI is InChI=1S/C14H18N2OS/c1-8(2)16(4)14(17)13-12(15)10-7-9(3)5-6-11(10)18-13/h5-8H,15H2,1-4H3. The zero-order chi connectivity index (χ0) is 13.4. The van der Waals surface area contributed by atoms with Crippen LogP contribution < -0.4 is 5.73 Å². The lowest BCUT2D eigenvalue weighted by molar-refractivity contribution is 0.0761. The number of anilines is 1. The van der Waals surface area contributed by atoms with E-state index in [0.29, 0.717) is 10.6 Å². The monoisotopic (exact) mass is 262 g/mol. The van der Waals surface area contributed by atoms with Gasteiger partial charge in [-0.1, -0.05) is 11.6 Å². The summed E-state index contributed by atoms with van der Waals surface area (Å²) in [5.41, 5.74) is 7.87. The lowest BCUT2D eigenvalue weighted by atomic mass is 10.1. The summed E-state index contributed by atoms with van der Waals surface area (Å²) in [6, 6.07) is 6.27. The summed E-state index contributed by atoms with van der Waals surface area (Å²) in [5, 5.41) is 0.987. The Morgan fingerprint density at radius 3 is 2.67 bits per heavy atom. The molecule has 18 heavy (non-hydrogen) atoms. The number of hydrogen-bond donors (Lipinski definition) is 1. The van der Waals surface area contributed by atoms with E-state index >= 15 is 0 Å². The summed E-state index contributed by atoms with van der Waals surface area (Å²) >= 11 is 1.47. The molecule has 0 aliphatic rings. The number of fused-ring (bicyclic) bond motifs is 1. The Kier molecular flexibility index (Phi) is 3.30. The molecule has 0 fully saturated rings. The van der Waals surface area contributed by atoms with Gasteiger partial charge in [0.1, 0.15) is 4.88 Å². The van der Waals surface area contributed by atoms with Gasteiger partial charge < -0.3 is 10.6 Å². The van der Waals surface area contributed by atoms with E-state index in [9.17, 15) is 4.79 Å². The number of hydrogen-bond acceptors (Lipinski definition) is 3. The number of nitrogens with zero attached hydrogens (tertiary/aromatic N) is 1. The minimum atomic E-state index is 0.00125. The van der Waals surface area contributed by atoms with Crippen molar-refractivity contribution in [2.24, 2.45) is 0 Å². The molecule has 4 heteroatoms. The molecule has 0 saturated heterocycles. The number of thiophene rings is 1.